The number of rotatable bonds is 6. The number of nitro groups is 1. The molecule has 8 nitrogen and oxygen atoms in total. The van der Waals surface area contributed by atoms with Crippen LogP contribution in [0.2, 0.25) is 0 Å². The molecule has 2 aromatic carbocycles. The van der Waals surface area contributed by atoms with Crippen LogP contribution in [0.15, 0.2) is 60.9 Å². The highest BCUT2D eigenvalue weighted by molar-refractivity contribution is 5.94. The van der Waals surface area contributed by atoms with Crippen LogP contribution in [0.25, 0.3) is 0 Å². The molecule has 160 valence electrons. The summed E-state index contributed by atoms with van der Waals surface area (Å²) in [5.74, 6) is -0.257. The van der Waals surface area contributed by atoms with E-state index in [-0.39, 0.29) is 17.4 Å². The fourth-order valence-electron chi connectivity index (χ4n) is 3.66. The van der Waals surface area contributed by atoms with Crippen molar-refractivity contribution in [1.82, 2.24) is 19.6 Å². The van der Waals surface area contributed by atoms with E-state index in [0.717, 1.165) is 24.2 Å². The second-order valence-corrected chi connectivity index (χ2v) is 7.55. The van der Waals surface area contributed by atoms with Crippen molar-refractivity contribution in [2.24, 2.45) is 0 Å². The van der Waals surface area contributed by atoms with Crippen LogP contribution in [0.3, 0.4) is 0 Å². The summed E-state index contributed by atoms with van der Waals surface area (Å²) in [5.41, 5.74) is 2.38. The third kappa shape index (κ3) is 5.13. The number of carbonyl (C=O) groups is 1. The molecule has 0 saturated carbocycles. The number of hydrogen-bond donors (Lipinski definition) is 0. The number of nitrogens with zero attached hydrogens (tertiary/aromatic N) is 5. The van der Waals surface area contributed by atoms with Crippen molar-refractivity contribution in [1.29, 1.82) is 0 Å². The van der Waals surface area contributed by atoms with Crippen molar-refractivity contribution >= 4 is 11.6 Å². The van der Waals surface area contributed by atoms with Gasteiger partial charge in [-0.05, 0) is 35.4 Å². The lowest BCUT2D eigenvalue weighted by Gasteiger charge is -2.34. The summed E-state index contributed by atoms with van der Waals surface area (Å²) in [6, 6.07) is 13.8. The van der Waals surface area contributed by atoms with E-state index in [2.05, 4.69) is 10.00 Å². The van der Waals surface area contributed by atoms with E-state index in [0.29, 0.717) is 31.7 Å². The highest BCUT2D eigenvalue weighted by Crippen LogP contribution is 2.15. The van der Waals surface area contributed by atoms with Gasteiger partial charge in [0.05, 0.1) is 11.5 Å². The van der Waals surface area contributed by atoms with Crippen molar-refractivity contribution in [3.63, 3.8) is 0 Å². The predicted molar refractivity (Wildman–Crippen MR) is 112 cm³/mol. The first-order chi connectivity index (χ1) is 15.0. The minimum absolute atomic E-state index is 0.0216. The van der Waals surface area contributed by atoms with Crippen LogP contribution in [0.4, 0.5) is 10.1 Å². The maximum absolute atomic E-state index is 13.4. The second-order valence-electron chi connectivity index (χ2n) is 7.55. The molecular weight excluding hydrogens is 401 g/mol. The number of amides is 1. The number of halogens is 1. The number of benzene rings is 2. The Morgan fingerprint density at radius 1 is 1.03 bits per heavy atom. The first kappa shape index (κ1) is 20.7. The molecular formula is C22H22FN5O3. The minimum atomic E-state index is -0.483. The van der Waals surface area contributed by atoms with Crippen molar-refractivity contribution in [3.05, 3.63) is 93.5 Å². The maximum atomic E-state index is 13.4. The normalized spacial score (nSPS) is 14.5. The summed E-state index contributed by atoms with van der Waals surface area (Å²) < 4.78 is 14.9. The molecule has 0 aliphatic carbocycles. The topological polar surface area (TPSA) is 84.5 Å². The highest BCUT2D eigenvalue weighted by atomic mass is 19.1. The lowest BCUT2D eigenvalue weighted by molar-refractivity contribution is -0.385. The molecule has 3 aromatic rings. The summed E-state index contributed by atoms with van der Waals surface area (Å²) in [6.07, 6.45) is 2.59. The zero-order valence-corrected chi connectivity index (χ0v) is 16.9. The first-order valence-electron chi connectivity index (χ1n) is 10.00. The fourth-order valence-corrected chi connectivity index (χ4v) is 3.66. The standard InChI is InChI=1S/C22H22FN5O3/c23-20-3-1-2-18(12-20)14-25-8-10-26(11-9-25)22(29)19-6-4-17(5-7-19)15-27-16-21(13-24-27)28(30)31/h1-7,12-13,16H,8-11,14-15H2. The molecule has 1 aliphatic heterocycles. The quantitative estimate of drug-likeness (QED) is 0.450. The van der Waals surface area contributed by atoms with Gasteiger partial charge in [-0.15, -0.1) is 0 Å². The van der Waals surface area contributed by atoms with E-state index >= 15 is 0 Å². The largest absolute Gasteiger partial charge is 0.336 e. The fraction of sp³-hybridized carbons (Fsp3) is 0.273. The van der Waals surface area contributed by atoms with Crippen LogP contribution >= 0.6 is 0 Å². The van der Waals surface area contributed by atoms with Gasteiger partial charge in [0.1, 0.15) is 18.2 Å². The molecule has 0 atom stereocenters. The van der Waals surface area contributed by atoms with Gasteiger partial charge in [-0.1, -0.05) is 24.3 Å². The van der Waals surface area contributed by atoms with Crippen molar-refractivity contribution in [2.45, 2.75) is 13.1 Å². The highest BCUT2D eigenvalue weighted by Gasteiger charge is 2.22. The van der Waals surface area contributed by atoms with E-state index in [1.807, 2.05) is 23.1 Å². The Morgan fingerprint density at radius 3 is 2.42 bits per heavy atom. The molecule has 2 heterocycles. The molecule has 31 heavy (non-hydrogen) atoms. The monoisotopic (exact) mass is 423 g/mol. The Labute approximate surface area is 178 Å². The van der Waals surface area contributed by atoms with Gasteiger partial charge in [-0.3, -0.25) is 24.5 Å². The summed E-state index contributed by atoms with van der Waals surface area (Å²) in [4.78, 5) is 27.1. The Morgan fingerprint density at radius 2 is 1.77 bits per heavy atom. The molecule has 0 unspecified atom stereocenters. The molecule has 1 aromatic heterocycles. The van der Waals surface area contributed by atoms with Gasteiger partial charge in [0, 0.05) is 38.3 Å². The van der Waals surface area contributed by atoms with Crippen molar-refractivity contribution < 1.29 is 14.1 Å². The van der Waals surface area contributed by atoms with E-state index in [4.69, 9.17) is 0 Å². The summed E-state index contributed by atoms with van der Waals surface area (Å²) in [7, 11) is 0. The molecule has 4 rings (SSSR count). The maximum Gasteiger partial charge on any atom is 0.307 e. The van der Waals surface area contributed by atoms with Crippen LogP contribution in [0.5, 0.6) is 0 Å². The molecule has 1 saturated heterocycles. The third-order valence-corrected chi connectivity index (χ3v) is 5.33. The SMILES string of the molecule is O=C(c1ccc(Cn2cc([N+](=O)[O-])cn2)cc1)N1CCN(Cc2cccc(F)c2)CC1. The second kappa shape index (κ2) is 9.05. The first-order valence-corrected chi connectivity index (χ1v) is 10.00. The van der Waals surface area contributed by atoms with Crippen molar-refractivity contribution in [2.75, 3.05) is 26.2 Å². The molecule has 0 radical (unpaired) electrons. The van der Waals surface area contributed by atoms with E-state index in [1.165, 1.54) is 23.1 Å². The third-order valence-electron chi connectivity index (χ3n) is 5.33. The Balaban J connectivity index is 1.31. The molecule has 9 heteroatoms. The lowest BCUT2D eigenvalue weighted by Crippen LogP contribution is -2.48. The Bertz CT molecular complexity index is 1070. The predicted octanol–water partition coefficient (Wildman–Crippen LogP) is 2.94. The van der Waals surface area contributed by atoms with Crippen LogP contribution in [0, 0.1) is 15.9 Å². The van der Waals surface area contributed by atoms with Gasteiger partial charge in [0.25, 0.3) is 5.91 Å². The number of piperazine rings is 1. The minimum Gasteiger partial charge on any atom is -0.336 e. The van der Waals surface area contributed by atoms with Crippen LogP contribution in [-0.4, -0.2) is 56.6 Å². The summed E-state index contributed by atoms with van der Waals surface area (Å²) >= 11 is 0. The molecule has 0 N–H and O–H groups in total. The molecule has 0 spiro atoms. The lowest BCUT2D eigenvalue weighted by atomic mass is 10.1. The Kier molecular flexibility index (Phi) is 6.03. The van der Waals surface area contributed by atoms with Crippen LogP contribution < -0.4 is 0 Å². The average molecular weight is 423 g/mol. The van der Waals surface area contributed by atoms with E-state index in [1.54, 1.807) is 24.3 Å². The van der Waals surface area contributed by atoms with Gasteiger partial charge in [0.15, 0.2) is 0 Å². The van der Waals surface area contributed by atoms with Gasteiger partial charge >= 0.3 is 5.69 Å². The Hall–Kier alpha value is -3.59. The molecule has 1 fully saturated rings. The van der Waals surface area contributed by atoms with Gasteiger partial charge < -0.3 is 4.90 Å². The number of carbonyl (C=O) groups excluding carboxylic acids is 1. The van der Waals surface area contributed by atoms with Crippen molar-refractivity contribution in [3.8, 4) is 0 Å². The smallest absolute Gasteiger partial charge is 0.307 e. The molecule has 1 aliphatic rings. The van der Waals surface area contributed by atoms with Gasteiger partial charge in [-0.2, -0.15) is 5.10 Å². The van der Waals surface area contributed by atoms with Crippen LogP contribution in [0.1, 0.15) is 21.5 Å². The zero-order chi connectivity index (χ0) is 21.8. The van der Waals surface area contributed by atoms with Crippen LogP contribution in [-0.2, 0) is 13.1 Å². The summed E-state index contributed by atoms with van der Waals surface area (Å²) in [6.45, 7) is 3.76. The molecule has 1 amide bonds. The number of hydrogen-bond acceptors (Lipinski definition) is 5. The molecule has 0 bridgehead atoms. The van der Waals surface area contributed by atoms with Gasteiger partial charge in [0.2, 0.25) is 0 Å². The van der Waals surface area contributed by atoms with Gasteiger partial charge in [-0.25, -0.2) is 4.39 Å². The summed E-state index contributed by atoms with van der Waals surface area (Å²) in [5, 5.41) is 14.7. The number of aromatic nitrogens is 2. The average Bonchev–Trinajstić information content (AvgIpc) is 3.23. The van der Waals surface area contributed by atoms with E-state index < -0.39 is 4.92 Å². The van der Waals surface area contributed by atoms with E-state index in [9.17, 15) is 19.3 Å². The zero-order valence-electron chi connectivity index (χ0n) is 16.9.